The number of carbonyl (C=O) groups excluding carboxylic acids is 1. The highest BCUT2D eigenvalue weighted by atomic mass is 16.5. The molecule has 2 unspecified atom stereocenters. The van der Waals surface area contributed by atoms with E-state index in [1.807, 2.05) is 6.92 Å². The van der Waals surface area contributed by atoms with Gasteiger partial charge < -0.3 is 14.9 Å². The molecule has 0 aromatic rings. The average molecular weight is 200 g/mol. The quantitative estimate of drug-likeness (QED) is 0.574. The van der Waals surface area contributed by atoms with Gasteiger partial charge in [-0.25, -0.2) is 0 Å². The minimum absolute atomic E-state index is 0.103. The smallest absolute Gasteiger partial charge is 0.311 e. The van der Waals surface area contributed by atoms with Crippen molar-refractivity contribution in [2.24, 2.45) is 23.7 Å². The first-order valence-electron chi connectivity index (χ1n) is 5.10. The molecule has 2 aliphatic rings. The van der Waals surface area contributed by atoms with Crippen molar-refractivity contribution in [1.82, 2.24) is 0 Å². The Morgan fingerprint density at radius 2 is 2.21 bits per heavy atom. The van der Waals surface area contributed by atoms with E-state index >= 15 is 0 Å². The van der Waals surface area contributed by atoms with Crippen LogP contribution in [0.4, 0.5) is 0 Å². The number of aliphatic hydroxyl groups excluding tert-OH is 2. The van der Waals surface area contributed by atoms with Gasteiger partial charge in [0.15, 0.2) is 0 Å². The predicted octanol–water partition coefficient (Wildman–Crippen LogP) is -0.215. The molecule has 2 rings (SSSR count). The molecule has 1 aliphatic carbocycles. The number of fused-ring (bicyclic) bond motifs is 1. The van der Waals surface area contributed by atoms with E-state index in [9.17, 15) is 9.90 Å². The van der Waals surface area contributed by atoms with Gasteiger partial charge in [0, 0.05) is 5.92 Å². The molecule has 0 amide bonds. The Morgan fingerprint density at radius 1 is 1.50 bits per heavy atom. The van der Waals surface area contributed by atoms with Gasteiger partial charge in [0.25, 0.3) is 0 Å². The third-order valence-corrected chi connectivity index (χ3v) is 3.78. The molecule has 14 heavy (non-hydrogen) atoms. The molecule has 4 nitrogen and oxygen atoms in total. The highest BCUT2D eigenvalue weighted by molar-refractivity contribution is 5.73. The average Bonchev–Trinajstić information content (AvgIpc) is 2.43. The van der Waals surface area contributed by atoms with Crippen molar-refractivity contribution in [3.05, 3.63) is 0 Å². The van der Waals surface area contributed by atoms with Crippen LogP contribution in [0.1, 0.15) is 13.3 Å². The van der Waals surface area contributed by atoms with Gasteiger partial charge in [0.05, 0.1) is 25.2 Å². The Morgan fingerprint density at radius 3 is 2.86 bits per heavy atom. The zero-order chi connectivity index (χ0) is 10.3. The van der Waals surface area contributed by atoms with Gasteiger partial charge in [-0.15, -0.1) is 0 Å². The molecule has 1 aliphatic heterocycles. The third kappa shape index (κ3) is 1.33. The first-order chi connectivity index (χ1) is 6.65. The fourth-order valence-corrected chi connectivity index (χ4v) is 2.75. The normalized spacial score (nSPS) is 47.4. The summed E-state index contributed by atoms with van der Waals surface area (Å²) >= 11 is 0. The molecule has 5 atom stereocenters. The molecule has 2 N–H and O–H groups in total. The maximum atomic E-state index is 11.3. The summed E-state index contributed by atoms with van der Waals surface area (Å²) in [6.07, 6.45) is 0.264. The van der Waals surface area contributed by atoms with Crippen molar-refractivity contribution < 1.29 is 19.7 Å². The molecular formula is C10H16O4. The number of rotatable bonds is 1. The zero-order valence-electron chi connectivity index (χ0n) is 8.22. The van der Waals surface area contributed by atoms with E-state index in [0.717, 1.165) is 0 Å². The molecule has 0 aromatic carbocycles. The molecule has 0 aromatic heterocycles. The number of aliphatic hydroxyl groups is 2. The SMILES string of the molecule is C[C@@H]1C2COC(=O)[C@H](CO)C2C[C@@H]1O. The largest absolute Gasteiger partial charge is 0.465 e. The maximum Gasteiger partial charge on any atom is 0.311 e. The summed E-state index contributed by atoms with van der Waals surface area (Å²) in [5, 5.41) is 18.8. The molecule has 0 spiro atoms. The first kappa shape index (κ1) is 9.93. The van der Waals surface area contributed by atoms with Crippen LogP contribution >= 0.6 is 0 Å². The van der Waals surface area contributed by atoms with Crippen molar-refractivity contribution in [3.8, 4) is 0 Å². The van der Waals surface area contributed by atoms with Gasteiger partial charge >= 0.3 is 5.97 Å². The number of cyclic esters (lactones) is 1. The number of hydrogen-bond acceptors (Lipinski definition) is 4. The zero-order valence-corrected chi connectivity index (χ0v) is 8.22. The lowest BCUT2D eigenvalue weighted by Gasteiger charge is -2.32. The number of ether oxygens (including phenoxy) is 1. The van der Waals surface area contributed by atoms with E-state index in [1.165, 1.54) is 0 Å². The fraction of sp³-hybridized carbons (Fsp3) is 0.900. The lowest BCUT2D eigenvalue weighted by atomic mass is 9.80. The molecule has 1 heterocycles. The van der Waals surface area contributed by atoms with Crippen LogP contribution < -0.4 is 0 Å². The molecule has 80 valence electrons. The Kier molecular flexibility index (Phi) is 2.49. The summed E-state index contributed by atoms with van der Waals surface area (Å²) in [6, 6.07) is 0. The highest BCUT2D eigenvalue weighted by Gasteiger charge is 2.49. The van der Waals surface area contributed by atoms with Crippen molar-refractivity contribution in [3.63, 3.8) is 0 Å². The summed E-state index contributed by atoms with van der Waals surface area (Å²) in [5.41, 5.74) is 0. The van der Waals surface area contributed by atoms with Gasteiger partial charge in [-0.05, 0) is 18.3 Å². The minimum atomic E-state index is -0.423. The standard InChI is InChI=1S/C10H16O4/c1-5-8-4-14-10(13)7(3-11)6(8)2-9(5)12/h5-9,11-12H,2-4H2,1H3/t5-,6?,7-,8?,9+/m1/s1. The number of hydrogen-bond donors (Lipinski definition) is 2. The molecule has 4 heteroatoms. The molecule has 2 fully saturated rings. The van der Waals surface area contributed by atoms with Crippen molar-refractivity contribution in [2.45, 2.75) is 19.4 Å². The van der Waals surface area contributed by atoms with Crippen molar-refractivity contribution in [2.75, 3.05) is 13.2 Å². The summed E-state index contributed by atoms with van der Waals surface area (Å²) in [4.78, 5) is 11.3. The van der Waals surface area contributed by atoms with Crippen molar-refractivity contribution >= 4 is 5.97 Å². The van der Waals surface area contributed by atoms with Gasteiger partial charge in [-0.3, -0.25) is 4.79 Å². The Balaban J connectivity index is 2.17. The van der Waals surface area contributed by atoms with Gasteiger partial charge in [0.2, 0.25) is 0 Å². The summed E-state index contributed by atoms with van der Waals surface area (Å²) in [7, 11) is 0. The lowest BCUT2D eigenvalue weighted by molar-refractivity contribution is -0.163. The van der Waals surface area contributed by atoms with Crippen molar-refractivity contribution in [1.29, 1.82) is 0 Å². The highest BCUT2D eigenvalue weighted by Crippen LogP contribution is 2.44. The van der Waals surface area contributed by atoms with Crippen LogP contribution in [0.25, 0.3) is 0 Å². The predicted molar refractivity (Wildman–Crippen MR) is 48.3 cm³/mol. The Hall–Kier alpha value is -0.610. The minimum Gasteiger partial charge on any atom is -0.465 e. The number of esters is 1. The lowest BCUT2D eigenvalue weighted by Crippen LogP contribution is -2.40. The Labute approximate surface area is 82.9 Å². The second-order valence-corrected chi connectivity index (χ2v) is 4.41. The van der Waals surface area contributed by atoms with Crippen LogP contribution in [0.5, 0.6) is 0 Å². The third-order valence-electron chi connectivity index (χ3n) is 3.78. The van der Waals surface area contributed by atoms with Gasteiger partial charge in [-0.1, -0.05) is 6.92 Å². The second-order valence-electron chi connectivity index (χ2n) is 4.41. The number of carbonyl (C=O) groups is 1. The summed E-state index contributed by atoms with van der Waals surface area (Å²) in [6.45, 7) is 2.21. The second kappa shape index (κ2) is 3.51. The van der Waals surface area contributed by atoms with Crippen LogP contribution in [-0.2, 0) is 9.53 Å². The van der Waals surface area contributed by atoms with Crippen LogP contribution in [0.2, 0.25) is 0 Å². The van der Waals surface area contributed by atoms with E-state index < -0.39 is 5.92 Å². The Bertz CT molecular complexity index is 240. The molecule has 0 radical (unpaired) electrons. The van der Waals surface area contributed by atoms with Crippen LogP contribution in [0.15, 0.2) is 0 Å². The van der Waals surface area contributed by atoms with Crippen LogP contribution in [0.3, 0.4) is 0 Å². The molecule has 0 bridgehead atoms. The maximum absolute atomic E-state index is 11.3. The fourth-order valence-electron chi connectivity index (χ4n) is 2.75. The van der Waals surface area contributed by atoms with E-state index in [1.54, 1.807) is 0 Å². The molecule has 1 saturated carbocycles. The van der Waals surface area contributed by atoms with Crippen LogP contribution in [0, 0.1) is 23.7 Å². The van der Waals surface area contributed by atoms with E-state index in [4.69, 9.17) is 9.84 Å². The van der Waals surface area contributed by atoms with Gasteiger partial charge in [0.1, 0.15) is 0 Å². The first-order valence-corrected chi connectivity index (χ1v) is 5.10. The van der Waals surface area contributed by atoms with E-state index in [0.29, 0.717) is 13.0 Å². The summed E-state index contributed by atoms with van der Waals surface area (Å²) < 4.78 is 5.00. The molecule has 1 saturated heterocycles. The summed E-state index contributed by atoms with van der Waals surface area (Å²) in [5.74, 6) is -0.239. The van der Waals surface area contributed by atoms with E-state index in [2.05, 4.69) is 0 Å². The monoisotopic (exact) mass is 200 g/mol. The van der Waals surface area contributed by atoms with Crippen LogP contribution in [-0.4, -0.2) is 35.5 Å². The molecular weight excluding hydrogens is 184 g/mol. The van der Waals surface area contributed by atoms with Gasteiger partial charge in [-0.2, -0.15) is 0 Å². The topological polar surface area (TPSA) is 66.8 Å². The van der Waals surface area contributed by atoms with E-state index in [-0.39, 0.29) is 36.4 Å².